The number of H-pyrrole nitrogens is 1. The largest absolute Gasteiger partial charge is 0.367 e. The van der Waals surface area contributed by atoms with E-state index in [1.54, 1.807) is 0 Å². The first-order valence-corrected chi connectivity index (χ1v) is 5.82. The molecule has 15 heavy (non-hydrogen) atoms. The van der Waals surface area contributed by atoms with Gasteiger partial charge in [-0.15, -0.1) is 0 Å². The zero-order chi connectivity index (χ0) is 11.3. The lowest BCUT2D eigenvalue weighted by atomic mass is 9.84. The lowest BCUT2D eigenvalue weighted by molar-refractivity contribution is 0.273. The Bertz CT molecular complexity index is 260. The quantitative estimate of drug-likeness (QED) is 0.738. The molecular formula is C13H24N2. The number of aromatic amines is 1. The molecule has 1 rings (SSSR count). The van der Waals surface area contributed by atoms with E-state index < -0.39 is 0 Å². The van der Waals surface area contributed by atoms with E-state index in [0.29, 0.717) is 5.41 Å². The number of rotatable bonds is 6. The molecule has 1 heterocycles. The number of aromatic nitrogens is 1. The molecule has 0 bridgehead atoms. The minimum Gasteiger partial charge on any atom is -0.367 e. The minimum atomic E-state index is 0.393. The molecule has 0 fully saturated rings. The van der Waals surface area contributed by atoms with E-state index >= 15 is 0 Å². The van der Waals surface area contributed by atoms with Gasteiger partial charge in [-0.2, -0.15) is 0 Å². The van der Waals surface area contributed by atoms with E-state index in [2.05, 4.69) is 44.1 Å². The Labute approximate surface area is 93.5 Å². The van der Waals surface area contributed by atoms with Crippen LogP contribution in [0, 0.1) is 11.3 Å². The molecular weight excluding hydrogens is 184 g/mol. The maximum absolute atomic E-state index is 3.51. The van der Waals surface area contributed by atoms with E-state index in [-0.39, 0.29) is 0 Å². The minimum absolute atomic E-state index is 0.393. The molecule has 0 amide bonds. The van der Waals surface area contributed by atoms with Gasteiger partial charge >= 0.3 is 0 Å². The van der Waals surface area contributed by atoms with Crippen LogP contribution in [0.4, 0.5) is 0 Å². The maximum atomic E-state index is 3.51. The van der Waals surface area contributed by atoms with Gasteiger partial charge in [-0.3, -0.25) is 0 Å². The SMILES string of the molecule is CC(C)CC(C)(C)CNCc1cc[nH]c1. The zero-order valence-corrected chi connectivity index (χ0v) is 10.4. The van der Waals surface area contributed by atoms with Gasteiger partial charge in [0.05, 0.1) is 0 Å². The van der Waals surface area contributed by atoms with Crippen molar-refractivity contribution in [2.24, 2.45) is 11.3 Å². The second kappa shape index (κ2) is 5.36. The number of nitrogens with one attached hydrogen (secondary N) is 2. The first-order chi connectivity index (χ1) is 6.99. The van der Waals surface area contributed by atoms with Crippen molar-refractivity contribution in [3.8, 4) is 0 Å². The molecule has 0 atom stereocenters. The third-order valence-electron chi connectivity index (χ3n) is 2.56. The molecule has 0 radical (unpaired) electrons. The van der Waals surface area contributed by atoms with Crippen molar-refractivity contribution in [1.82, 2.24) is 10.3 Å². The third-order valence-corrected chi connectivity index (χ3v) is 2.56. The molecule has 0 aromatic carbocycles. The lowest BCUT2D eigenvalue weighted by Gasteiger charge is -2.27. The first-order valence-electron chi connectivity index (χ1n) is 5.82. The summed E-state index contributed by atoms with van der Waals surface area (Å²) in [5.74, 6) is 0.772. The molecule has 86 valence electrons. The van der Waals surface area contributed by atoms with Crippen molar-refractivity contribution < 1.29 is 0 Å². The second-order valence-corrected chi connectivity index (χ2v) is 5.58. The molecule has 0 saturated carbocycles. The van der Waals surface area contributed by atoms with E-state index in [9.17, 15) is 0 Å². The summed E-state index contributed by atoms with van der Waals surface area (Å²) >= 11 is 0. The molecule has 2 heteroatoms. The van der Waals surface area contributed by atoms with Crippen LogP contribution in [0.5, 0.6) is 0 Å². The summed E-state index contributed by atoms with van der Waals surface area (Å²) in [5.41, 5.74) is 1.72. The van der Waals surface area contributed by atoms with Crippen LogP contribution in [0.2, 0.25) is 0 Å². The topological polar surface area (TPSA) is 27.8 Å². The van der Waals surface area contributed by atoms with E-state index in [1.165, 1.54) is 12.0 Å². The smallest absolute Gasteiger partial charge is 0.0220 e. The highest BCUT2D eigenvalue weighted by molar-refractivity contribution is 5.07. The van der Waals surface area contributed by atoms with Gasteiger partial charge < -0.3 is 10.3 Å². The molecule has 0 aliphatic rings. The van der Waals surface area contributed by atoms with Crippen LogP contribution in [0.1, 0.15) is 39.7 Å². The van der Waals surface area contributed by atoms with Crippen molar-refractivity contribution in [2.75, 3.05) is 6.54 Å². The monoisotopic (exact) mass is 208 g/mol. The van der Waals surface area contributed by atoms with Gasteiger partial charge in [-0.1, -0.05) is 27.7 Å². The van der Waals surface area contributed by atoms with Gasteiger partial charge in [0.1, 0.15) is 0 Å². The van der Waals surface area contributed by atoms with E-state index in [0.717, 1.165) is 19.0 Å². The predicted octanol–water partition coefficient (Wildman–Crippen LogP) is 3.18. The highest BCUT2D eigenvalue weighted by Crippen LogP contribution is 2.24. The van der Waals surface area contributed by atoms with Crippen LogP contribution in [0.15, 0.2) is 18.5 Å². The van der Waals surface area contributed by atoms with Crippen molar-refractivity contribution in [2.45, 2.75) is 40.7 Å². The molecule has 0 aliphatic heterocycles. The zero-order valence-electron chi connectivity index (χ0n) is 10.4. The van der Waals surface area contributed by atoms with Gasteiger partial charge in [-0.25, -0.2) is 0 Å². The van der Waals surface area contributed by atoms with Crippen molar-refractivity contribution in [3.63, 3.8) is 0 Å². The van der Waals surface area contributed by atoms with Crippen molar-refractivity contribution in [1.29, 1.82) is 0 Å². The van der Waals surface area contributed by atoms with Crippen LogP contribution in [-0.4, -0.2) is 11.5 Å². The normalized spacial score (nSPS) is 12.3. The molecule has 0 saturated heterocycles. The Morgan fingerprint density at radius 3 is 2.67 bits per heavy atom. The highest BCUT2D eigenvalue weighted by Gasteiger charge is 2.18. The fraction of sp³-hybridized carbons (Fsp3) is 0.692. The first kappa shape index (κ1) is 12.3. The molecule has 0 aliphatic carbocycles. The second-order valence-electron chi connectivity index (χ2n) is 5.58. The third kappa shape index (κ3) is 5.03. The van der Waals surface area contributed by atoms with Crippen LogP contribution >= 0.6 is 0 Å². The van der Waals surface area contributed by atoms with Gasteiger partial charge in [0, 0.05) is 25.5 Å². The average Bonchev–Trinajstić information content (AvgIpc) is 2.53. The fourth-order valence-electron chi connectivity index (χ4n) is 2.19. The van der Waals surface area contributed by atoms with Crippen LogP contribution in [-0.2, 0) is 6.54 Å². The summed E-state index contributed by atoms with van der Waals surface area (Å²) < 4.78 is 0. The van der Waals surface area contributed by atoms with Gasteiger partial charge in [-0.05, 0) is 29.4 Å². The molecule has 0 spiro atoms. The Balaban J connectivity index is 2.24. The number of hydrogen-bond donors (Lipinski definition) is 2. The number of hydrogen-bond acceptors (Lipinski definition) is 1. The summed E-state index contributed by atoms with van der Waals surface area (Å²) in [6, 6.07) is 2.11. The fourth-order valence-corrected chi connectivity index (χ4v) is 2.19. The molecule has 2 N–H and O–H groups in total. The lowest BCUT2D eigenvalue weighted by Crippen LogP contribution is -2.30. The Kier molecular flexibility index (Phi) is 4.40. The van der Waals surface area contributed by atoms with Gasteiger partial charge in [0.25, 0.3) is 0 Å². The van der Waals surface area contributed by atoms with Gasteiger partial charge in [0.15, 0.2) is 0 Å². The van der Waals surface area contributed by atoms with Crippen molar-refractivity contribution in [3.05, 3.63) is 24.0 Å². The van der Waals surface area contributed by atoms with Crippen molar-refractivity contribution >= 4 is 0 Å². The molecule has 1 aromatic heterocycles. The standard InChI is InChI=1S/C13H24N2/c1-11(2)7-13(3,4)10-15-9-12-5-6-14-8-12/h5-6,8,11,14-15H,7,9-10H2,1-4H3. The summed E-state index contributed by atoms with van der Waals surface area (Å²) in [6.45, 7) is 11.3. The Morgan fingerprint density at radius 1 is 1.40 bits per heavy atom. The Hall–Kier alpha value is -0.760. The summed E-state index contributed by atoms with van der Waals surface area (Å²) in [5, 5.41) is 3.51. The van der Waals surface area contributed by atoms with Crippen LogP contribution < -0.4 is 5.32 Å². The molecule has 1 aromatic rings. The van der Waals surface area contributed by atoms with Crippen LogP contribution in [0.25, 0.3) is 0 Å². The van der Waals surface area contributed by atoms with Crippen LogP contribution in [0.3, 0.4) is 0 Å². The van der Waals surface area contributed by atoms with E-state index in [4.69, 9.17) is 0 Å². The van der Waals surface area contributed by atoms with E-state index in [1.807, 2.05) is 12.4 Å². The summed E-state index contributed by atoms with van der Waals surface area (Å²) in [7, 11) is 0. The van der Waals surface area contributed by atoms with Gasteiger partial charge in [0.2, 0.25) is 0 Å². The molecule has 0 unspecified atom stereocenters. The highest BCUT2D eigenvalue weighted by atomic mass is 14.9. The average molecular weight is 208 g/mol. The Morgan fingerprint density at radius 2 is 2.13 bits per heavy atom. The molecule has 2 nitrogen and oxygen atoms in total. The summed E-state index contributed by atoms with van der Waals surface area (Å²) in [6.07, 6.45) is 5.28. The maximum Gasteiger partial charge on any atom is 0.0220 e. The predicted molar refractivity (Wildman–Crippen MR) is 65.7 cm³/mol. The summed E-state index contributed by atoms with van der Waals surface area (Å²) in [4.78, 5) is 3.07.